The molecule has 1 unspecified atom stereocenters. The Morgan fingerprint density at radius 1 is 1.04 bits per heavy atom. The fraction of sp³-hybridized carbons (Fsp3) is 0.250. The Morgan fingerprint density at radius 2 is 1.68 bits per heavy atom. The van der Waals surface area contributed by atoms with E-state index < -0.39 is 10.0 Å². The van der Waals surface area contributed by atoms with E-state index >= 15 is 0 Å². The molecule has 0 amide bonds. The van der Waals surface area contributed by atoms with Crippen LogP contribution < -0.4 is 0 Å². The first-order valence-corrected chi connectivity index (χ1v) is 9.69. The summed E-state index contributed by atoms with van der Waals surface area (Å²) in [4.78, 5) is 13.0. The maximum absolute atomic E-state index is 12.9. The highest BCUT2D eigenvalue weighted by atomic mass is 32.2. The number of benzene rings is 2. The lowest BCUT2D eigenvalue weighted by molar-refractivity contribution is 0.102. The van der Waals surface area contributed by atoms with Crippen LogP contribution in [0.15, 0.2) is 71.1 Å². The standard InChI is InChI=1S/C20H21NO3S/c1-15-8-10-19(11-9-15)25(23,24)21-13-16(2)12-18(14-21)20(22)17-6-4-3-5-7-17/h3-12,16H,13-14H2,1-2H3. The van der Waals surface area contributed by atoms with Crippen LogP contribution in [0.5, 0.6) is 0 Å². The van der Waals surface area contributed by atoms with Gasteiger partial charge in [-0.3, -0.25) is 4.79 Å². The lowest BCUT2D eigenvalue weighted by atomic mass is 9.96. The first-order chi connectivity index (χ1) is 11.9. The molecular formula is C20H21NO3S. The molecule has 1 aliphatic rings. The summed E-state index contributed by atoms with van der Waals surface area (Å²) < 4.78 is 27.3. The molecule has 0 radical (unpaired) electrons. The second-order valence-corrected chi connectivity index (χ2v) is 8.41. The summed E-state index contributed by atoms with van der Waals surface area (Å²) >= 11 is 0. The van der Waals surface area contributed by atoms with Crippen molar-refractivity contribution in [3.05, 3.63) is 77.4 Å². The Labute approximate surface area is 148 Å². The second kappa shape index (κ2) is 6.94. The van der Waals surface area contributed by atoms with E-state index in [0.717, 1.165) is 5.56 Å². The summed E-state index contributed by atoms with van der Waals surface area (Å²) in [5, 5.41) is 0. The second-order valence-electron chi connectivity index (χ2n) is 6.47. The van der Waals surface area contributed by atoms with Gasteiger partial charge in [0.25, 0.3) is 0 Å². The predicted molar refractivity (Wildman–Crippen MR) is 98.0 cm³/mol. The normalized spacial score (nSPS) is 18.6. The monoisotopic (exact) mass is 355 g/mol. The van der Waals surface area contributed by atoms with Crippen molar-refractivity contribution in [3.63, 3.8) is 0 Å². The van der Waals surface area contributed by atoms with Gasteiger partial charge >= 0.3 is 0 Å². The zero-order valence-corrected chi connectivity index (χ0v) is 15.2. The van der Waals surface area contributed by atoms with Gasteiger partial charge in [-0.15, -0.1) is 0 Å². The predicted octanol–water partition coefficient (Wildman–Crippen LogP) is 3.44. The first-order valence-electron chi connectivity index (χ1n) is 8.25. The van der Waals surface area contributed by atoms with Crippen molar-refractivity contribution >= 4 is 15.8 Å². The van der Waals surface area contributed by atoms with E-state index in [9.17, 15) is 13.2 Å². The minimum atomic E-state index is -3.62. The number of Topliss-reactive ketones (excluding diaryl/α,β-unsaturated/α-hetero) is 1. The Balaban J connectivity index is 1.89. The summed E-state index contributed by atoms with van der Waals surface area (Å²) in [5.74, 6) is -0.132. The average molecular weight is 355 g/mol. The molecule has 25 heavy (non-hydrogen) atoms. The van der Waals surface area contributed by atoms with E-state index in [4.69, 9.17) is 0 Å². The SMILES string of the molecule is Cc1ccc(S(=O)(=O)N2CC(C(=O)c3ccccc3)=CC(C)C2)cc1. The van der Waals surface area contributed by atoms with E-state index in [-0.39, 0.29) is 23.1 Å². The summed E-state index contributed by atoms with van der Waals surface area (Å²) in [5.41, 5.74) is 2.11. The largest absolute Gasteiger partial charge is 0.289 e. The molecule has 0 fully saturated rings. The van der Waals surface area contributed by atoms with Gasteiger partial charge in [-0.1, -0.05) is 61.0 Å². The molecule has 0 bridgehead atoms. The van der Waals surface area contributed by atoms with E-state index in [0.29, 0.717) is 17.7 Å². The Hall–Kier alpha value is -2.24. The Morgan fingerprint density at radius 3 is 2.32 bits per heavy atom. The minimum Gasteiger partial charge on any atom is -0.289 e. The van der Waals surface area contributed by atoms with Crippen molar-refractivity contribution in [2.24, 2.45) is 5.92 Å². The van der Waals surface area contributed by atoms with Gasteiger partial charge in [0.15, 0.2) is 5.78 Å². The number of hydrogen-bond acceptors (Lipinski definition) is 3. The molecular weight excluding hydrogens is 334 g/mol. The number of hydrogen-bond donors (Lipinski definition) is 0. The Bertz CT molecular complexity index is 900. The number of rotatable bonds is 4. The van der Waals surface area contributed by atoms with Crippen molar-refractivity contribution in [1.82, 2.24) is 4.31 Å². The van der Waals surface area contributed by atoms with Crippen molar-refractivity contribution in [3.8, 4) is 0 Å². The van der Waals surface area contributed by atoms with Gasteiger partial charge in [-0.25, -0.2) is 8.42 Å². The molecule has 5 heteroatoms. The fourth-order valence-corrected chi connectivity index (χ4v) is 4.51. The number of carbonyl (C=O) groups excluding carboxylic acids is 1. The molecule has 2 aromatic rings. The maximum atomic E-state index is 12.9. The van der Waals surface area contributed by atoms with Gasteiger partial charge in [0.2, 0.25) is 10.0 Å². The van der Waals surface area contributed by atoms with Gasteiger partial charge < -0.3 is 0 Å². The third-order valence-electron chi connectivity index (χ3n) is 4.31. The molecule has 1 heterocycles. The lowest BCUT2D eigenvalue weighted by Gasteiger charge is -2.29. The molecule has 2 aromatic carbocycles. The molecule has 0 aliphatic carbocycles. The molecule has 0 saturated carbocycles. The van der Waals surface area contributed by atoms with Gasteiger partial charge in [0, 0.05) is 24.2 Å². The number of aryl methyl sites for hydroxylation is 1. The van der Waals surface area contributed by atoms with Crippen LogP contribution in [0.2, 0.25) is 0 Å². The molecule has 130 valence electrons. The van der Waals surface area contributed by atoms with Crippen LogP contribution in [0.3, 0.4) is 0 Å². The summed E-state index contributed by atoms with van der Waals surface area (Å²) in [6.07, 6.45) is 1.89. The topological polar surface area (TPSA) is 54.5 Å². The average Bonchev–Trinajstić information content (AvgIpc) is 2.61. The van der Waals surface area contributed by atoms with Gasteiger partial charge in [0.1, 0.15) is 0 Å². The zero-order chi connectivity index (χ0) is 18.0. The lowest BCUT2D eigenvalue weighted by Crippen LogP contribution is -2.40. The summed E-state index contributed by atoms with van der Waals surface area (Å²) in [6.45, 7) is 4.32. The maximum Gasteiger partial charge on any atom is 0.243 e. The van der Waals surface area contributed by atoms with E-state index in [2.05, 4.69) is 0 Å². The van der Waals surface area contributed by atoms with Crippen molar-refractivity contribution in [2.45, 2.75) is 18.7 Å². The third-order valence-corrected chi connectivity index (χ3v) is 6.14. The highest BCUT2D eigenvalue weighted by Crippen LogP contribution is 2.25. The molecule has 1 aliphatic heterocycles. The van der Waals surface area contributed by atoms with E-state index in [1.165, 1.54) is 4.31 Å². The third kappa shape index (κ3) is 3.72. The van der Waals surface area contributed by atoms with Crippen LogP contribution in [0, 0.1) is 12.8 Å². The van der Waals surface area contributed by atoms with E-state index in [1.807, 2.05) is 26.0 Å². The molecule has 0 saturated heterocycles. The minimum absolute atomic E-state index is 0.0170. The highest BCUT2D eigenvalue weighted by Gasteiger charge is 2.31. The summed E-state index contributed by atoms with van der Waals surface area (Å²) in [6, 6.07) is 15.8. The molecule has 3 rings (SSSR count). The smallest absolute Gasteiger partial charge is 0.243 e. The number of ketones is 1. The van der Waals surface area contributed by atoms with Crippen LogP contribution in [0.25, 0.3) is 0 Å². The summed E-state index contributed by atoms with van der Waals surface area (Å²) in [7, 11) is -3.62. The Kier molecular flexibility index (Phi) is 4.88. The zero-order valence-electron chi connectivity index (χ0n) is 14.3. The van der Waals surface area contributed by atoms with E-state index in [1.54, 1.807) is 48.5 Å². The van der Waals surface area contributed by atoms with Crippen molar-refractivity contribution in [1.29, 1.82) is 0 Å². The van der Waals surface area contributed by atoms with Crippen molar-refractivity contribution in [2.75, 3.05) is 13.1 Å². The van der Waals surface area contributed by atoms with Crippen LogP contribution >= 0.6 is 0 Å². The molecule has 0 N–H and O–H groups in total. The van der Waals surface area contributed by atoms with Crippen LogP contribution in [0.4, 0.5) is 0 Å². The van der Waals surface area contributed by atoms with Crippen LogP contribution in [0.1, 0.15) is 22.8 Å². The highest BCUT2D eigenvalue weighted by molar-refractivity contribution is 7.89. The first kappa shape index (κ1) is 17.6. The molecule has 0 spiro atoms. The quantitative estimate of drug-likeness (QED) is 0.790. The van der Waals surface area contributed by atoms with Crippen LogP contribution in [-0.4, -0.2) is 31.6 Å². The number of sulfonamides is 1. The van der Waals surface area contributed by atoms with Crippen molar-refractivity contribution < 1.29 is 13.2 Å². The van der Waals surface area contributed by atoms with Gasteiger partial charge in [0.05, 0.1) is 4.90 Å². The number of nitrogens with zero attached hydrogens (tertiary/aromatic N) is 1. The molecule has 1 atom stereocenters. The van der Waals surface area contributed by atoms with Gasteiger partial charge in [-0.2, -0.15) is 4.31 Å². The fourth-order valence-electron chi connectivity index (χ4n) is 2.99. The number of carbonyl (C=O) groups is 1. The molecule has 0 aromatic heterocycles. The molecule has 4 nitrogen and oxygen atoms in total. The van der Waals surface area contributed by atoms with Crippen LogP contribution in [-0.2, 0) is 10.0 Å². The van der Waals surface area contributed by atoms with Gasteiger partial charge in [-0.05, 0) is 25.0 Å².